The highest BCUT2D eigenvalue weighted by Crippen LogP contribution is 2.27. The fraction of sp³-hybridized carbons (Fsp3) is 0.182. The van der Waals surface area contributed by atoms with Gasteiger partial charge in [0.15, 0.2) is 0 Å². The molecule has 72 valence electrons. The van der Waals surface area contributed by atoms with E-state index in [-0.39, 0.29) is 16.8 Å². The first-order valence-corrected chi connectivity index (χ1v) is 4.21. The van der Waals surface area contributed by atoms with Crippen LogP contribution in [0.3, 0.4) is 0 Å². The van der Waals surface area contributed by atoms with E-state index in [1.54, 1.807) is 13.8 Å². The normalized spacial score (nSPS) is 8.73. The van der Waals surface area contributed by atoms with Gasteiger partial charge in [0.2, 0.25) is 0 Å². The number of hydrogen-bond donors (Lipinski definition) is 1. The molecule has 0 heterocycles. The lowest BCUT2D eigenvalue weighted by Crippen LogP contribution is -2.03. The summed E-state index contributed by atoms with van der Waals surface area (Å²) in [6.07, 6.45) is 0. The molecule has 1 aromatic rings. The summed E-state index contributed by atoms with van der Waals surface area (Å²) < 4.78 is 0. The van der Waals surface area contributed by atoms with Gasteiger partial charge in [0, 0.05) is 0 Å². The molecule has 0 radical (unpaired) electrons. The van der Waals surface area contributed by atoms with E-state index in [4.69, 9.17) is 21.5 Å². The SMILES string of the molecule is Cc1c(C#N)c(C)c(C#N)c(N)c1C#N. The average molecular weight is 196 g/mol. The zero-order valence-electron chi connectivity index (χ0n) is 8.42. The van der Waals surface area contributed by atoms with Gasteiger partial charge in [0.25, 0.3) is 0 Å². The van der Waals surface area contributed by atoms with Crippen LogP contribution in [-0.4, -0.2) is 0 Å². The van der Waals surface area contributed by atoms with Crippen LogP contribution >= 0.6 is 0 Å². The number of hydrogen-bond acceptors (Lipinski definition) is 4. The average Bonchev–Trinajstić information content (AvgIpc) is 2.19. The number of anilines is 1. The summed E-state index contributed by atoms with van der Waals surface area (Å²) in [7, 11) is 0. The van der Waals surface area contributed by atoms with Gasteiger partial charge in [0.1, 0.15) is 12.1 Å². The van der Waals surface area contributed by atoms with Crippen LogP contribution in [-0.2, 0) is 0 Å². The van der Waals surface area contributed by atoms with Crippen LogP contribution in [0, 0.1) is 47.8 Å². The van der Waals surface area contributed by atoms with Crippen LogP contribution in [0.5, 0.6) is 0 Å². The molecule has 0 saturated carbocycles. The maximum atomic E-state index is 8.92. The van der Waals surface area contributed by atoms with E-state index in [1.807, 2.05) is 18.2 Å². The van der Waals surface area contributed by atoms with Crippen LogP contribution in [0.15, 0.2) is 0 Å². The Morgan fingerprint density at radius 1 is 0.800 bits per heavy atom. The van der Waals surface area contributed by atoms with E-state index in [9.17, 15) is 0 Å². The lowest BCUT2D eigenvalue weighted by molar-refractivity contribution is 1.27. The quantitative estimate of drug-likeness (QED) is 0.635. The maximum absolute atomic E-state index is 8.92. The molecular weight excluding hydrogens is 188 g/mol. The molecule has 0 aliphatic heterocycles. The highest BCUT2D eigenvalue weighted by Gasteiger charge is 2.17. The summed E-state index contributed by atoms with van der Waals surface area (Å²) in [6, 6.07) is 5.81. The van der Waals surface area contributed by atoms with Gasteiger partial charge in [-0.2, -0.15) is 15.8 Å². The topological polar surface area (TPSA) is 97.4 Å². The molecule has 0 amide bonds. The number of benzene rings is 1. The molecule has 15 heavy (non-hydrogen) atoms. The van der Waals surface area contributed by atoms with Crippen LogP contribution in [0.4, 0.5) is 5.69 Å². The van der Waals surface area contributed by atoms with Crippen LogP contribution in [0.1, 0.15) is 27.8 Å². The van der Waals surface area contributed by atoms with Crippen molar-refractivity contribution in [3.63, 3.8) is 0 Å². The van der Waals surface area contributed by atoms with Gasteiger partial charge in [-0.25, -0.2) is 0 Å². The second-order valence-corrected chi connectivity index (χ2v) is 3.12. The number of rotatable bonds is 0. The Kier molecular flexibility index (Phi) is 2.61. The van der Waals surface area contributed by atoms with Gasteiger partial charge in [-0.3, -0.25) is 0 Å². The second-order valence-electron chi connectivity index (χ2n) is 3.12. The predicted octanol–water partition coefficient (Wildman–Crippen LogP) is 1.50. The van der Waals surface area contributed by atoms with Crippen LogP contribution in [0.2, 0.25) is 0 Å². The van der Waals surface area contributed by atoms with Gasteiger partial charge >= 0.3 is 0 Å². The lowest BCUT2D eigenvalue weighted by Gasteiger charge is -2.10. The second kappa shape index (κ2) is 3.70. The van der Waals surface area contributed by atoms with E-state index < -0.39 is 0 Å². The first kappa shape index (κ1) is 10.6. The molecule has 0 bridgehead atoms. The van der Waals surface area contributed by atoms with Crippen LogP contribution in [0.25, 0.3) is 0 Å². The number of nitrogens with zero attached hydrogens (tertiary/aromatic N) is 3. The summed E-state index contributed by atoms with van der Waals surface area (Å²) in [4.78, 5) is 0. The Balaban J connectivity index is 3.88. The van der Waals surface area contributed by atoms with Crippen molar-refractivity contribution >= 4 is 5.69 Å². The zero-order valence-corrected chi connectivity index (χ0v) is 8.42. The van der Waals surface area contributed by atoms with Crippen molar-refractivity contribution in [2.45, 2.75) is 13.8 Å². The van der Waals surface area contributed by atoms with Crippen molar-refractivity contribution in [3.05, 3.63) is 27.8 Å². The Morgan fingerprint density at radius 3 is 1.40 bits per heavy atom. The molecule has 4 heteroatoms. The molecule has 4 nitrogen and oxygen atoms in total. The molecular formula is C11H8N4. The largest absolute Gasteiger partial charge is 0.397 e. The molecule has 2 N–H and O–H groups in total. The highest BCUT2D eigenvalue weighted by molar-refractivity contribution is 5.72. The summed E-state index contributed by atoms with van der Waals surface area (Å²) >= 11 is 0. The van der Waals surface area contributed by atoms with Crippen molar-refractivity contribution in [2.24, 2.45) is 0 Å². The van der Waals surface area contributed by atoms with E-state index in [0.29, 0.717) is 16.7 Å². The van der Waals surface area contributed by atoms with E-state index in [1.165, 1.54) is 0 Å². The Labute approximate surface area is 87.8 Å². The summed E-state index contributed by atoms with van der Waals surface area (Å²) in [5, 5.41) is 26.7. The first-order chi connectivity index (χ1) is 7.08. The van der Waals surface area contributed by atoms with Gasteiger partial charge in [-0.05, 0) is 25.0 Å². The molecule has 1 rings (SSSR count). The smallest absolute Gasteiger partial charge is 0.102 e. The van der Waals surface area contributed by atoms with E-state index >= 15 is 0 Å². The van der Waals surface area contributed by atoms with Gasteiger partial charge in [-0.15, -0.1) is 0 Å². The summed E-state index contributed by atoms with van der Waals surface area (Å²) in [5.74, 6) is 0. The number of nitrogen functional groups attached to an aromatic ring is 1. The molecule has 0 fully saturated rings. The molecule has 0 saturated heterocycles. The minimum atomic E-state index is 0.161. The zero-order chi connectivity index (χ0) is 11.6. The Bertz CT molecular complexity index is 448. The third-order valence-electron chi connectivity index (χ3n) is 2.37. The third-order valence-corrected chi connectivity index (χ3v) is 2.37. The fourth-order valence-electron chi connectivity index (χ4n) is 1.52. The highest BCUT2D eigenvalue weighted by atomic mass is 14.6. The Hall–Kier alpha value is -2.51. The number of nitriles is 3. The summed E-state index contributed by atoms with van der Waals surface area (Å²) in [5.41, 5.74) is 7.70. The molecule has 0 aromatic heterocycles. The van der Waals surface area contributed by atoms with E-state index in [0.717, 1.165) is 0 Å². The first-order valence-electron chi connectivity index (χ1n) is 4.21. The number of nitrogens with two attached hydrogens (primary N) is 1. The standard InChI is InChI=1S/C11H8N4/c1-6-8(3-12)7(2)10(5-14)11(15)9(6)4-13/h15H2,1-2H3. The summed E-state index contributed by atoms with van der Waals surface area (Å²) in [6.45, 7) is 3.31. The molecule has 0 aliphatic rings. The predicted molar refractivity (Wildman–Crippen MR) is 54.5 cm³/mol. The van der Waals surface area contributed by atoms with Gasteiger partial charge < -0.3 is 5.73 Å². The lowest BCUT2D eigenvalue weighted by atomic mass is 9.92. The molecule has 0 unspecified atom stereocenters. The fourth-order valence-corrected chi connectivity index (χ4v) is 1.52. The van der Waals surface area contributed by atoms with Crippen molar-refractivity contribution in [1.82, 2.24) is 0 Å². The minimum Gasteiger partial charge on any atom is -0.397 e. The molecule has 0 atom stereocenters. The Morgan fingerprint density at radius 2 is 1.13 bits per heavy atom. The van der Waals surface area contributed by atoms with E-state index in [2.05, 4.69) is 0 Å². The molecule has 0 aliphatic carbocycles. The third kappa shape index (κ3) is 1.37. The van der Waals surface area contributed by atoms with Crippen molar-refractivity contribution in [1.29, 1.82) is 15.8 Å². The van der Waals surface area contributed by atoms with Crippen molar-refractivity contribution in [2.75, 3.05) is 5.73 Å². The van der Waals surface area contributed by atoms with Crippen LogP contribution < -0.4 is 5.73 Å². The van der Waals surface area contributed by atoms with Crippen molar-refractivity contribution < 1.29 is 0 Å². The maximum Gasteiger partial charge on any atom is 0.102 e. The minimum absolute atomic E-state index is 0.161. The monoisotopic (exact) mass is 196 g/mol. The van der Waals surface area contributed by atoms with Crippen molar-refractivity contribution in [3.8, 4) is 18.2 Å². The molecule has 1 aromatic carbocycles. The van der Waals surface area contributed by atoms with Gasteiger partial charge in [-0.1, -0.05) is 0 Å². The molecule has 0 spiro atoms. The van der Waals surface area contributed by atoms with Gasteiger partial charge in [0.05, 0.1) is 28.4 Å².